The lowest BCUT2D eigenvalue weighted by molar-refractivity contribution is -0.137. The van der Waals surface area contributed by atoms with Crippen LogP contribution < -0.4 is 15.8 Å². The molecular formula is C20H22F5N5O2. The molecule has 0 saturated carbocycles. The number of alkyl halides is 5. The van der Waals surface area contributed by atoms with Crippen molar-refractivity contribution < 1.29 is 31.5 Å². The summed E-state index contributed by atoms with van der Waals surface area (Å²) in [6.07, 6.45) is -4.31. The van der Waals surface area contributed by atoms with Crippen molar-refractivity contribution in [1.82, 2.24) is 14.9 Å². The summed E-state index contributed by atoms with van der Waals surface area (Å²) in [6, 6.07) is 4.12. The van der Waals surface area contributed by atoms with Crippen LogP contribution in [0.5, 0.6) is 5.88 Å². The van der Waals surface area contributed by atoms with E-state index in [0.29, 0.717) is 6.20 Å². The lowest BCUT2D eigenvalue weighted by atomic mass is 9.88. The molecule has 1 aliphatic heterocycles. The van der Waals surface area contributed by atoms with Crippen molar-refractivity contribution in [3.8, 4) is 5.88 Å². The molecule has 1 aliphatic rings. The zero-order valence-electron chi connectivity index (χ0n) is 17.3. The first-order valence-electron chi connectivity index (χ1n) is 9.68. The quantitative estimate of drug-likeness (QED) is 0.663. The number of carbonyl (C=O) groups is 1. The number of ether oxygens (including phenoxy) is 1. The van der Waals surface area contributed by atoms with Crippen LogP contribution >= 0.6 is 0 Å². The first kappa shape index (κ1) is 23.5. The van der Waals surface area contributed by atoms with E-state index in [9.17, 15) is 26.7 Å². The number of anilines is 2. The maximum atomic E-state index is 14.3. The van der Waals surface area contributed by atoms with E-state index in [1.807, 2.05) is 0 Å². The monoisotopic (exact) mass is 459 g/mol. The summed E-state index contributed by atoms with van der Waals surface area (Å²) in [5.74, 6) is -4.32. The predicted molar refractivity (Wildman–Crippen MR) is 106 cm³/mol. The molecule has 0 bridgehead atoms. The van der Waals surface area contributed by atoms with Gasteiger partial charge in [0.05, 0.1) is 30.9 Å². The number of amides is 1. The molecule has 1 saturated heterocycles. The predicted octanol–water partition coefficient (Wildman–Crippen LogP) is 3.68. The van der Waals surface area contributed by atoms with Crippen LogP contribution in [0.4, 0.5) is 33.5 Å². The fraction of sp³-hybridized carbons (Fsp3) is 0.450. The Morgan fingerprint density at radius 3 is 2.62 bits per heavy atom. The molecule has 1 fully saturated rings. The Balaban J connectivity index is 1.83. The second kappa shape index (κ2) is 8.75. The van der Waals surface area contributed by atoms with Crippen molar-refractivity contribution in [1.29, 1.82) is 0 Å². The summed E-state index contributed by atoms with van der Waals surface area (Å²) in [5.41, 5.74) is 4.72. The third kappa shape index (κ3) is 5.17. The standard InChI is InChI=1S/C20H22F5N5O2/c1-11-7-19(21,22)10-30(18(31)17-13(26)4-6-16(29-17)32-2)14(11)9-28-15-5-3-12(8-27-15)20(23,24)25/h3-6,8,11,14H,7,9-10,26H2,1-2H3,(H,27,28). The molecule has 174 valence electrons. The number of halogens is 5. The van der Waals surface area contributed by atoms with Gasteiger partial charge in [0.15, 0.2) is 5.69 Å². The van der Waals surface area contributed by atoms with Crippen LogP contribution in [0, 0.1) is 5.92 Å². The third-order valence-corrected chi connectivity index (χ3v) is 5.24. The van der Waals surface area contributed by atoms with E-state index in [0.717, 1.165) is 17.0 Å². The average Bonchev–Trinajstić information content (AvgIpc) is 2.71. The normalized spacial score (nSPS) is 20.7. The van der Waals surface area contributed by atoms with Crippen molar-refractivity contribution in [2.24, 2.45) is 5.92 Å². The SMILES string of the molecule is COc1ccc(N)c(C(=O)N2CC(F)(F)CC(C)C2CNc2ccc(C(F)(F)F)cn2)n1. The highest BCUT2D eigenvalue weighted by Crippen LogP contribution is 2.36. The van der Waals surface area contributed by atoms with Crippen LogP contribution in [0.2, 0.25) is 0 Å². The Labute approximate surface area is 180 Å². The number of nitrogens with one attached hydrogen (secondary N) is 1. The van der Waals surface area contributed by atoms with E-state index in [1.54, 1.807) is 6.92 Å². The van der Waals surface area contributed by atoms with Gasteiger partial charge in [0.2, 0.25) is 5.88 Å². The van der Waals surface area contributed by atoms with E-state index >= 15 is 0 Å². The van der Waals surface area contributed by atoms with Gasteiger partial charge in [-0.15, -0.1) is 0 Å². The molecule has 0 spiro atoms. The van der Waals surface area contributed by atoms with Gasteiger partial charge in [-0.3, -0.25) is 4.79 Å². The summed E-state index contributed by atoms with van der Waals surface area (Å²) in [4.78, 5) is 21.8. The van der Waals surface area contributed by atoms with Gasteiger partial charge in [-0.1, -0.05) is 6.92 Å². The summed E-state index contributed by atoms with van der Waals surface area (Å²) in [7, 11) is 1.34. The number of hydrogen-bond acceptors (Lipinski definition) is 6. The lowest BCUT2D eigenvalue weighted by Crippen LogP contribution is -2.57. The van der Waals surface area contributed by atoms with Crippen LogP contribution in [0.25, 0.3) is 0 Å². The van der Waals surface area contributed by atoms with Crippen molar-refractivity contribution in [3.63, 3.8) is 0 Å². The number of nitrogens with two attached hydrogens (primary N) is 1. The molecule has 12 heteroatoms. The molecule has 7 nitrogen and oxygen atoms in total. The lowest BCUT2D eigenvalue weighted by Gasteiger charge is -2.43. The maximum absolute atomic E-state index is 14.3. The fourth-order valence-electron chi connectivity index (χ4n) is 3.63. The van der Waals surface area contributed by atoms with E-state index in [2.05, 4.69) is 15.3 Å². The van der Waals surface area contributed by atoms with Crippen LogP contribution in [0.3, 0.4) is 0 Å². The minimum absolute atomic E-state index is 0.00783. The van der Waals surface area contributed by atoms with Gasteiger partial charge in [-0.05, 0) is 24.1 Å². The average molecular weight is 459 g/mol. The number of aromatic nitrogens is 2. The van der Waals surface area contributed by atoms with E-state index in [-0.39, 0.29) is 29.6 Å². The van der Waals surface area contributed by atoms with Crippen molar-refractivity contribution in [2.45, 2.75) is 31.5 Å². The largest absolute Gasteiger partial charge is 0.481 e. The highest BCUT2D eigenvalue weighted by molar-refractivity contribution is 5.97. The number of nitrogen functional groups attached to an aromatic ring is 1. The number of piperidine rings is 1. The molecule has 0 radical (unpaired) electrons. The molecule has 2 atom stereocenters. The molecule has 2 aromatic heterocycles. The summed E-state index contributed by atoms with van der Waals surface area (Å²) in [6.45, 7) is 0.717. The molecular weight excluding hydrogens is 437 g/mol. The second-order valence-electron chi connectivity index (χ2n) is 7.64. The summed E-state index contributed by atoms with van der Waals surface area (Å²) in [5, 5.41) is 2.83. The smallest absolute Gasteiger partial charge is 0.417 e. The first-order chi connectivity index (χ1) is 14.9. The summed E-state index contributed by atoms with van der Waals surface area (Å²) < 4.78 is 71.7. The molecule has 2 aromatic rings. The van der Waals surface area contributed by atoms with E-state index in [4.69, 9.17) is 10.5 Å². The van der Waals surface area contributed by atoms with Gasteiger partial charge >= 0.3 is 6.18 Å². The topological polar surface area (TPSA) is 93.4 Å². The second-order valence-corrected chi connectivity index (χ2v) is 7.64. The van der Waals surface area contributed by atoms with Crippen LogP contribution in [-0.2, 0) is 6.18 Å². The zero-order valence-corrected chi connectivity index (χ0v) is 17.3. The Hall–Kier alpha value is -3.18. The molecule has 32 heavy (non-hydrogen) atoms. The maximum Gasteiger partial charge on any atom is 0.417 e. The van der Waals surface area contributed by atoms with Gasteiger partial charge in [0, 0.05) is 25.2 Å². The Kier molecular flexibility index (Phi) is 6.42. The van der Waals surface area contributed by atoms with Crippen LogP contribution in [0.1, 0.15) is 29.4 Å². The molecule has 3 rings (SSSR count). The minimum atomic E-state index is -4.53. The highest BCUT2D eigenvalue weighted by Gasteiger charge is 2.46. The number of hydrogen-bond donors (Lipinski definition) is 2. The molecule has 2 unspecified atom stereocenters. The number of carbonyl (C=O) groups excluding carboxylic acids is 1. The Bertz CT molecular complexity index is 968. The zero-order chi connectivity index (χ0) is 23.7. The Morgan fingerprint density at radius 2 is 2.03 bits per heavy atom. The van der Waals surface area contributed by atoms with Crippen molar-refractivity contribution >= 4 is 17.4 Å². The van der Waals surface area contributed by atoms with Gasteiger partial charge in [0.25, 0.3) is 11.8 Å². The number of likely N-dealkylation sites (tertiary alicyclic amines) is 1. The highest BCUT2D eigenvalue weighted by atomic mass is 19.4. The van der Waals surface area contributed by atoms with Crippen LogP contribution in [-0.4, -0.2) is 52.9 Å². The molecule has 0 aromatic carbocycles. The third-order valence-electron chi connectivity index (χ3n) is 5.24. The molecule has 3 heterocycles. The van der Waals surface area contributed by atoms with Gasteiger partial charge in [-0.2, -0.15) is 13.2 Å². The number of pyridine rings is 2. The molecule has 1 amide bonds. The Morgan fingerprint density at radius 1 is 1.31 bits per heavy atom. The number of nitrogens with zero attached hydrogens (tertiary/aromatic N) is 3. The minimum Gasteiger partial charge on any atom is -0.481 e. The number of rotatable bonds is 5. The molecule has 0 aliphatic carbocycles. The fourth-order valence-corrected chi connectivity index (χ4v) is 3.63. The van der Waals surface area contributed by atoms with Gasteiger partial charge in [-0.25, -0.2) is 18.7 Å². The van der Waals surface area contributed by atoms with Gasteiger partial charge < -0.3 is 20.7 Å². The number of methoxy groups -OCH3 is 1. The van der Waals surface area contributed by atoms with E-state index < -0.39 is 48.5 Å². The first-order valence-corrected chi connectivity index (χ1v) is 9.68. The van der Waals surface area contributed by atoms with Crippen LogP contribution in [0.15, 0.2) is 30.5 Å². The summed E-state index contributed by atoms with van der Waals surface area (Å²) >= 11 is 0. The van der Waals surface area contributed by atoms with Gasteiger partial charge in [0.1, 0.15) is 5.82 Å². The van der Waals surface area contributed by atoms with Crippen molar-refractivity contribution in [2.75, 3.05) is 31.2 Å². The molecule has 3 N–H and O–H groups in total. The van der Waals surface area contributed by atoms with Crippen molar-refractivity contribution in [3.05, 3.63) is 41.7 Å². The van der Waals surface area contributed by atoms with E-state index in [1.165, 1.54) is 19.2 Å².